The van der Waals surface area contributed by atoms with E-state index in [0.717, 1.165) is 38.9 Å². The topological polar surface area (TPSA) is 24.5 Å². The van der Waals surface area contributed by atoms with Gasteiger partial charge in [0.25, 0.3) is 0 Å². The number of hydrogen-bond acceptors (Lipinski definition) is 3. The summed E-state index contributed by atoms with van der Waals surface area (Å²) in [5.74, 6) is -1.07. The van der Waals surface area contributed by atoms with Crippen molar-refractivity contribution >= 4 is 0 Å². The smallest absolute Gasteiger partial charge is 0.126 e. The fourth-order valence-electron chi connectivity index (χ4n) is 2.57. The van der Waals surface area contributed by atoms with Gasteiger partial charge in [-0.3, -0.25) is 4.90 Å². The monoisotopic (exact) mass is 284 g/mol. The standard InChI is InChI=1S/C15H22F2N2O/c1-11(10-19-3-5-20-6-4-19)18-12(2)13-7-14(16)9-15(17)8-13/h7-9,11-12,18H,3-6,10H2,1-2H3. The Bertz CT molecular complexity index is 416. The molecule has 0 bridgehead atoms. The van der Waals surface area contributed by atoms with Gasteiger partial charge in [0.1, 0.15) is 11.6 Å². The van der Waals surface area contributed by atoms with Crippen molar-refractivity contribution in [2.24, 2.45) is 0 Å². The molecule has 0 aromatic heterocycles. The third-order valence-electron chi connectivity index (χ3n) is 3.56. The molecule has 3 nitrogen and oxygen atoms in total. The van der Waals surface area contributed by atoms with E-state index in [-0.39, 0.29) is 12.1 Å². The molecule has 0 saturated carbocycles. The maximum Gasteiger partial charge on any atom is 0.126 e. The molecule has 2 rings (SSSR count). The second-order valence-electron chi connectivity index (χ2n) is 5.41. The van der Waals surface area contributed by atoms with Crippen LogP contribution in [-0.4, -0.2) is 43.8 Å². The van der Waals surface area contributed by atoms with Crippen LogP contribution in [0.4, 0.5) is 8.78 Å². The minimum absolute atomic E-state index is 0.0868. The molecular formula is C15H22F2N2O. The predicted octanol–water partition coefficient (Wildman–Crippen LogP) is 2.34. The molecule has 0 radical (unpaired) electrons. The van der Waals surface area contributed by atoms with E-state index in [1.165, 1.54) is 12.1 Å². The maximum atomic E-state index is 13.2. The average Bonchev–Trinajstić information content (AvgIpc) is 2.38. The number of nitrogens with one attached hydrogen (secondary N) is 1. The molecule has 0 amide bonds. The van der Waals surface area contributed by atoms with Crippen LogP contribution in [0.3, 0.4) is 0 Å². The lowest BCUT2D eigenvalue weighted by atomic mass is 10.1. The summed E-state index contributed by atoms with van der Waals surface area (Å²) in [6.45, 7) is 8.34. The first-order valence-electron chi connectivity index (χ1n) is 7.07. The van der Waals surface area contributed by atoms with Gasteiger partial charge in [0.2, 0.25) is 0 Å². The Morgan fingerprint density at radius 1 is 1.15 bits per heavy atom. The van der Waals surface area contributed by atoms with Crippen LogP contribution in [0.2, 0.25) is 0 Å². The largest absolute Gasteiger partial charge is 0.379 e. The molecule has 1 aromatic carbocycles. The van der Waals surface area contributed by atoms with Crippen molar-refractivity contribution in [1.82, 2.24) is 10.2 Å². The van der Waals surface area contributed by atoms with Gasteiger partial charge in [0.15, 0.2) is 0 Å². The highest BCUT2D eigenvalue weighted by molar-refractivity contribution is 5.21. The summed E-state index contributed by atoms with van der Waals surface area (Å²) in [4.78, 5) is 2.33. The molecule has 2 atom stereocenters. The van der Waals surface area contributed by atoms with Gasteiger partial charge in [-0.25, -0.2) is 8.78 Å². The molecule has 5 heteroatoms. The van der Waals surface area contributed by atoms with Gasteiger partial charge in [-0.1, -0.05) is 0 Å². The SMILES string of the molecule is CC(CN1CCOCC1)NC(C)c1cc(F)cc(F)c1. The molecule has 1 aliphatic rings. The van der Waals surface area contributed by atoms with Crippen LogP contribution >= 0.6 is 0 Å². The van der Waals surface area contributed by atoms with Gasteiger partial charge < -0.3 is 10.1 Å². The zero-order chi connectivity index (χ0) is 14.5. The fourth-order valence-corrected chi connectivity index (χ4v) is 2.57. The van der Waals surface area contributed by atoms with Crippen LogP contribution in [-0.2, 0) is 4.74 Å². The predicted molar refractivity (Wildman–Crippen MR) is 74.6 cm³/mol. The van der Waals surface area contributed by atoms with Gasteiger partial charge in [0.05, 0.1) is 13.2 Å². The van der Waals surface area contributed by atoms with Crippen LogP contribution in [0.15, 0.2) is 18.2 Å². The molecule has 1 N–H and O–H groups in total. The molecule has 1 fully saturated rings. The van der Waals surface area contributed by atoms with E-state index in [9.17, 15) is 8.78 Å². The van der Waals surface area contributed by atoms with E-state index in [1.807, 2.05) is 6.92 Å². The normalized spacial score (nSPS) is 19.8. The third-order valence-corrected chi connectivity index (χ3v) is 3.56. The molecule has 112 valence electrons. The number of rotatable bonds is 5. The van der Waals surface area contributed by atoms with Gasteiger partial charge in [-0.2, -0.15) is 0 Å². The van der Waals surface area contributed by atoms with Crippen LogP contribution in [0.1, 0.15) is 25.5 Å². The van der Waals surface area contributed by atoms with Crippen LogP contribution in [0.5, 0.6) is 0 Å². The second-order valence-corrected chi connectivity index (χ2v) is 5.41. The minimum atomic E-state index is -0.533. The highest BCUT2D eigenvalue weighted by atomic mass is 19.1. The molecule has 2 unspecified atom stereocenters. The Hall–Kier alpha value is -1.04. The van der Waals surface area contributed by atoms with Gasteiger partial charge >= 0.3 is 0 Å². The van der Waals surface area contributed by atoms with Crippen LogP contribution < -0.4 is 5.32 Å². The molecule has 20 heavy (non-hydrogen) atoms. The van der Waals surface area contributed by atoms with E-state index in [0.29, 0.717) is 5.56 Å². The molecule has 1 saturated heterocycles. The minimum Gasteiger partial charge on any atom is -0.379 e. The van der Waals surface area contributed by atoms with E-state index >= 15 is 0 Å². The number of nitrogens with zero attached hydrogens (tertiary/aromatic N) is 1. The zero-order valence-electron chi connectivity index (χ0n) is 12.0. The summed E-state index contributed by atoms with van der Waals surface area (Å²) in [5, 5.41) is 3.38. The second kappa shape index (κ2) is 7.11. The fraction of sp³-hybridized carbons (Fsp3) is 0.600. The van der Waals surface area contributed by atoms with E-state index in [1.54, 1.807) is 0 Å². The molecule has 0 aliphatic carbocycles. The lowest BCUT2D eigenvalue weighted by molar-refractivity contribution is 0.0339. The third kappa shape index (κ3) is 4.51. The summed E-state index contributed by atoms with van der Waals surface area (Å²) in [5.41, 5.74) is 0.635. The van der Waals surface area contributed by atoms with Crippen molar-refractivity contribution in [3.63, 3.8) is 0 Å². The van der Waals surface area contributed by atoms with Crippen molar-refractivity contribution in [2.45, 2.75) is 25.9 Å². The first-order valence-corrected chi connectivity index (χ1v) is 7.07. The number of morpholine rings is 1. The first kappa shape index (κ1) is 15.4. The Morgan fingerprint density at radius 3 is 2.35 bits per heavy atom. The molecule has 1 aliphatic heterocycles. The first-order chi connectivity index (χ1) is 9.54. The molecular weight excluding hydrogens is 262 g/mol. The molecule has 1 aromatic rings. The van der Waals surface area contributed by atoms with E-state index < -0.39 is 11.6 Å². The van der Waals surface area contributed by atoms with E-state index in [2.05, 4.69) is 17.1 Å². The molecule has 0 spiro atoms. The average molecular weight is 284 g/mol. The number of halogens is 2. The maximum absolute atomic E-state index is 13.2. The summed E-state index contributed by atoms with van der Waals surface area (Å²) < 4.78 is 31.7. The van der Waals surface area contributed by atoms with Crippen molar-refractivity contribution in [1.29, 1.82) is 0 Å². The lowest BCUT2D eigenvalue weighted by Gasteiger charge is -2.30. The number of benzene rings is 1. The highest BCUT2D eigenvalue weighted by Crippen LogP contribution is 2.16. The highest BCUT2D eigenvalue weighted by Gasteiger charge is 2.16. The van der Waals surface area contributed by atoms with Crippen LogP contribution in [0.25, 0.3) is 0 Å². The van der Waals surface area contributed by atoms with Gasteiger partial charge in [-0.15, -0.1) is 0 Å². The van der Waals surface area contributed by atoms with Gasteiger partial charge in [0, 0.05) is 37.8 Å². The summed E-state index contributed by atoms with van der Waals surface area (Å²) in [7, 11) is 0. The molecule has 1 heterocycles. The Morgan fingerprint density at radius 2 is 1.75 bits per heavy atom. The summed E-state index contributed by atoms with van der Waals surface area (Å²) >= 11 is 0. The van der Waals surface area contributed by atoms with Gasteiger partial charge in [-0.05, 0) is 31.5 Å². The van der Waals surface area contributed by atoms with Crippen molar-refractivity contribution < 1.29 is 13.5 Å². The Kier molecular flexibility index (Phi) is 5.46. The summed E-state index contributed by atoms with van der Waals surface area (Å²) in [6, 6.07) is 3.81. The zero-order valence-corrected chi connectivity index (χ0v) is 12.0. The van der Waals surface area contributed by atoms with Crippen molar-refractivity contribution in [2.75, 3.05) is 32.8 Å². The Labute approximate surface area is 118 Å². The quantitative estimate of drug-likeness (QED) is 0.898. The number of hydrogen-bond donors (Lipinski definition) is 1. The Balaban J connectivity index is 1.87. The van der Waals surface area contributed by atoms with Crippen LogP contribution in [0, 0.1) is 11.6 Å². The van der Waals surface area contributed by atoms with E-state index in [4.69, 9.17) is 4.74 Å². The number of ether oxygens (including phenoxy) is 1. The van der Waals surface area contributed by atoms with Crippen molar-refractivity contribution in [3.8, 4) is 0 Å². The lowest BCUT2D eigenvalue weighted by Crippen LogP contribution is -2.45. The summed E-state index contributed by atoms with van der Waals surface area (Å²) in [6.07, 6.45) is 0. The van der Waals surface area contributed by atoms with Crippen molar-refractivity contribution in [3.05, 3.63) is 35.4 Å².